The van der Waals surface area contributed by atoms with Gasteiger partial charge in [-0.15, -0.1) is 0 Å². The van der Waals surface area contributed by atoms with Gasteiger partial charge in [0.25, 0.3) is 0 Å². The molecule has 1 aromatic carbocycles. The molecule has 0 bridgehead atoms. The van der Waals surface area contributed by atoms with Crippen molar-refractivity contribution in [2.45, 2.75) is 33.1 Å². The molecular formula is C15H18N2O2. The van der Waals surface area contributed by atoms with E-state index in [1.807, 2.05) is 32.0 Å². The average Bonchev–Trinajstić information content (AvgIpc) is 2.58. The Bertz CT molecular complexity index is 563. The van der Waals surface area contributed by atoms with E-state index in [2.05, 4.69) is 5.32 Å². The summed E-state index contributed by atoms with van der Waals surface area (Å²) in [6.07, 6.45) is 2.47. The highest BCUT2D eigenvalue weighted by molar-refractivity contribution is 6.22. The average molecular weight is 258 g/mol. The zero-order chi connectivity index (χ0) is 13.6. The van der Waals surface area contributed by atoms with Crippen LogP contribution in [-0.4, -0.2) is 18.4 Å². The number of hydrogen-bond donors (Lipinski definition) is 1. The van der Waals surface area contributed by atoms with Gasteiger partial charge in [0.05, 0.1) is 11.1 Å². The molecule has 1 N–H and O–H groups in total. The summed E-state index contributed by atoms with van der Waals surface area (Å²) in [6, 6.07) is 5.82. The lowest BCUT2D eigenvalue weighted by atomic mass is 9.92. The van der Waals surface area contributed by atoms with E-state index in [1.165, 1.54) is 10.5 Å². The molecule has 2 aliphatic rings. The lowest BCUT2D eigenvalue weighted by Gasteiger charge is -2.22. The fraction of sp³-hybridized carbons (Fsp3) is 0.467. The second kappa shape index (κ2) is 4.08. The molecule has 0 spiro atoms. The molecule has 2 heterocycles. The van der Waals surface area contributed by atoms with E-state index in [0.717, 1.165) is 25.1 Å². The third-order valence-electron chi connectivity index (χ3n) is 3.91. The second-order valence-corrected chi connectivity index (χ2v) is 5.97. The van der Waals surface area contributed by atoms with Crippen LogP contribution in [0.2, 0.25) is 0 Å². The number of carbonyl (C=O) groups is 2. The molecule has 4 heteroatoms. The quantitative estimate of drug-likeness (QED) is 0.786. The summed E-state index contributed by atoms with van der Waals surface area (Å²) in [6.45, 7) is 4.59. The molecule has 0 atom stereocenters. The molecule has 2 aliphatic heterocycles. The minimum atomic E-state index is -0.583. The Morgan fingerprint density at radius 2 is 2.05 bits per heavy atom. The van der Waals surface area contributed by atoms with Gasteiger partial charge < -0.3 is 5.32 Å². The van der Waals surface area contributed by atoms with Gasteiger partial charge in [-0.05, 0) is 30.5 Å². The van der Waals surface area contributed by atoms with Crippen LogP contribution in [0.4, 0.5) is 11.4 Å². The van der Waals surface area contributed by atoms with E-state index in [-0.39, 0.29) is 18.2 Å². The molecule has 1 fully saturated rings. The molecule has 0 unspecified atom stereocenters. The maximum absolute atomic E-state index is 12.3. The number of aryl methyl sites for hydroxylation is 1. The van der Waals surface area contributed by atoms with Crippen molar-refractivity contribution in [1.82, 2.24) is 0 Å². The normalized spacial score (nSPS) is 21.3. The predicted molar refractivity (Wildman–Crippen MR) is 74.1 cm³/mol. The summed E-state index contributed by atoms with van der Waals surface area (Å²) in [5, 5.41) is 3.33. The van der Waals surface area contributed by atoms with Crippen LogP contribution in [0, 0.1) is 5.41 Å². The number of carbonyl (C=O) groups excluding carboxylic acids is 2. The fourth-order valence-electron chi connectivity index (χ4n) is 2.80. The first-order valence-corrected chi connectivity index (χ1v) is 6.73. The van der Waals surface area contributed by atoms with Crippen LogP contribution >= 0.6 is 0 Å². The number of fused-ring (bicyclic) bond motifs is 1. The van der Waals surface area contributed by atoms with Gasteiger partial charge in [-0.2, -0.15) is 0 Å². The molecule has 4 nitrogen and oxygen atoms in total. The molecule has 0 saturated carbocycles. The Balaban J connectivity index is 1.99. The summed E-state index contributed by atoms with van der Waals surface area (Å²) in [5.74, 6) is -0.209. The molecule has 0 aromatic heterocycles. The van der Waals surface area contributed by atoms with Crippen molar-refractivity contribution in [2.75, 3.05) is 16.8 Å². The topological polar surface area (TPSA) is 49.4 Å². The first kappa shape index (κ1) is 12.2. The van der Waals surface area contributed by atoms with Crippen molar-refractivity contribution >= 4 is 23.2 Å². The number of benzene rings is 1. The van der Waals surface area contributed by atoms with Crippen LogP contribution in [0.3, 0.4) is 0 Å². The number of nitrogens with zero attached hydrogens (tertiary/aromatic N) is 1. The maximum Gasteiger partial charge on any atom is 0.239 e. The third-order valence-corrected chi connectivity index (χ3v) is 3.91. The number of hydrogen-bond acceptors (Lipinski definition) is 3. The maximum atomic E-state index is 12.3. The summed E-state index contributed by atoms with van der Waals surface area (Å²) in [4.78, 5) is 25.7. The van der Waals surface area contributed by atoms with E-state index in [1.54, 1.807) is 0 Å². The second-order valence-electron chi connectivity index (χ2n) is 5.97. The van der Waals surface area contributed by atoms with Gasteiger partial charge in [0.1, 0.15) is 0 Å². The van der Waals surface area contributed by atoms with Gasteiger partial charge in [0.15, 0.2) is 0 Å². The van der Waals surface area contributed by atoms with Crippen molar-refractivity contribution in [1.29, 1.82) is 0 Å². The van der Waals surface area contributed by atoms with E-state index in [9.17, 15) is 9.59 Å². The van der Waals surface area contributed by atoms with Gasteiger partial charge in [-0.25, -0.2) is 4.90 Å². The molecule has 0 radical (unpaired) electrons. The molecule has 1 aromatic rings. The van der Waals surface area contributed by atoms with Crippen molar-refractivity contribution < 1.29 is 9.59 Å². The lowest BCUT2D eigenvalue weighted by Crippen LogP contribution is -2.33. The number of imide groups is 1. The SMILES string of the molecule is CC1(C)CC(=O)N(c2ccc3c(c2)NCCC3)C1=O. The largest absolute Gasteiger partial charge is 0.385 e. The highest BCUT2D eigenvalue weighted by atomic mass is 16.2. The van der Waals surface area contributed by atoms with Crippen LogP contribution in [0.5, 0.6) is 0 Å². The Kier molecular flexibility index (Phi) is 2.62. The van der Waals surface area contributed by atoms with Crippen LogP contribution in [-0.2, 0) is 16.0 Å². The minimum absolute atomic E-state index is 0.103. The third kappa shape index (κ3) is 1.91. The van der Waals surface area contributed by atoms with E-state index in [4.69, 9.17) is 0 Å². The number of amides is 2. The minimum Gasteiger partial charge on any atom is -0.385 e. The van der Waals surface area contributed by atoms with Crippen LogP contribution in [0.15, 0.2) is 18.2 Å². The molecule has 1 saturated heterocycles. The fourth-order valence-corrected chi connectivity index (χ4v) is 2.80. The van der Waals surface area contributed by atoms with Gasteiger partial charge in [0, 0.05) is 18.7 Å². The highest BCUT2D eigenvalue weighted by Gasteiger charge is 2.45. The van der Waals surface area contributed by atoms with Gasteiger partial charge >= 0.3 is 0 Å². The molecule has 19 heavy (non-hydrogen) atoms. The van der Waals surface area contributed by atoms with Crippen molar-refractivity contribution in [3.63, 3.8) is 0 Å². The lowest BCUT2D eigenvalue weighted by molar-refractivity contribution is -0.124. The highest BCUT2D eigenvalue weighted by Crippen LogP contribution is 2.37. The van der Waals surface area contributed by atoms with Crippen LogP contribution < -0.4 is 10.2 Å². The van der Waals surface area contributed by atoms with Gasteiger partial charge in [-0.3, -0.25) is 9.59 Å². The Hall–Kier alpha value is -1.84. The first-order valence-electron chi connectivity index (χ1n) is 6.73. The van der Waals surface area contributed by atoms with E-state index >= 15 is 0 Å². The van der Waals surface area contributed by atoms with Crippen LogP contribution in [0.25, 0.3) is 0 Å². The van der Waals surface area contributed by atoms with Gasteiger partial charge in [0.2, 0.25) is 11.8 Å². The molecular weight excluding hydrogens is 240 g/mol. The standard InChI is InChI=1S/C15H18N2O2/c1-15(2)9-13(18)17(14(15)19)11-6-5-10-4-3-7-16-12(10)8-11/h5-6,8,16H,3-4,7,9H2,1-2H3. The monoisotopic (exact) mass is 258 g/mol. The zero-order valence-electron chi connectivity index (χ0n) is 11.3. The molecule has 3 rings (SSSR count). The predicted octanol–water partition coefficient (Wildman–Crippen LogP) is 2.33. The number of anilines is 2. The molecule has 2 amide bonds. The number of rotatable bonds is 1. The first-order chi connectivity index (χ1) is 8.99. The number of nitrogens with one attached hydrogen (secondary N) is 1. The molecule has 100 valence electrons. The van der Waals surface area contributed by atoms with E-state index in [0.29, 0.717) is 5.69 Å². The summed E-state index contributed by atoms with van der Waals surface area (Å²) < 4.78 is 0. The Morgan fingerprint density at radius 1 is 1.26 bits per heavy atom. The smallest absolute Gasteiger partial charge is 0.239 e. The van der Waals surface area contributed by atoms with Crippen molar-refractivity contribution in [3.8, 4) is 0 Å². The summed E-state index contributed by atoms with van der Waals surface area (Å²) >= 11 is 0. The Labute approximate surface area is 112 Å². The van der Waals surface area contributed by atoms with Crippen LogP contribution in [0.1, 0.15) is 32.3 Å². The van der Waals surface area contributed by atoms with E-state index < -0.39 is 5.41 Å². The zero-order valence-corrected chi connectivity index (χ0v) is 11.3. The molecule has 0 aliphatic carbocycles. The van der Waals surface area contributed by atoms with Crippen molar-refractivity contribution in [3.05, 3.63) is 23.8 Å². The van der Waals surface area contributed by atoms with Gasteiger partial charge in [-0.1, -0.05) is 19.9 Å². The summed E-state index contributed by atoms with van der Waals surface area (Å²) in [7, 11) is 0. The summed E-state index contributed by atoms with van der Waals surface area (Å²) in [5.41, 5.74) is 2.41. The van der Waals surface area contributed by atoms with Crippen molar-refractivity contribution in [2.24, 2.45) is 5.41 Å². The Morgan fingerprint density at radius 3 is 2.74 bits per heavy atom.